The fourth-order valence-electron chi connectivity index (χ4n) is 0.616. The summed E-state index contributed by atoms with van der Waals surface area (Å²) in [5.41, 5.74) is 0. The van der Waals surface area contributed by atoms with E-state index in [1.165, 1.54) is 0 Å². The number of carbonyl (C=O) groups is 1. The number of hydrogen-bond acceptors (Lipinski definition) is 5. The van der Waals surface area contributed by atoms with Crippen molar-refractivity contribution in [1.82, 2.24) is 0 Å². The number of aliphatic hydroxyl groups is 4. The zero-order chi connectivity index (χ0) is 10.6. The van der Waals surface area contributed by atoms with Crippen molar-refractivity contribution in [3.63, 3.8) is 0 Å². The molecule has 3 atom stereocenters. The van der Waals surface area contributed by atoms with Crippen LogP contribution in [0.15, 0.2) is 0 Å². The molecule has 0 spiro atoms. The maximum Gasteiger partial charge on any atom is 0.201 e. The van der Waals surface area contributed by atoms with Crippen molar-refractivity contribution in [2.75, 3.05) is 6.61 Å². The van der Waals surface area contributed by atoms with Gasteiger partial charge < -0.3 is 20.4 Å². The van der Waals surface area contributed by atoms with Gasteiger partial charge in [-0.15, -0.1) is 0 Å². The van der Waals surface area contributed by atoms with E-state index < -0.39 is 29.3 Å². The van der Waals surface area contributed by atoms with Gasteiger partial charge in [-0.05, 0) is 0 Å². The topological polar surface area (TPSA) is 98.0 Å². The Balaban J connectivity index is 4.40. The smallest absolute Gasteiger partial charge is 0.201 e. The minimum absolute atomic E-state index is 0.0219. The molecule has 0 fully saturated rings. The maximum atomic E-state index is 10.2. The molecule has 0 radical (unpaired) electrons. The SMILES string of the molecule is O=CC(Cl)(Cl)[C@@H](O)[C@H](O)[C@H](O)CO. The number of aldehydes is 1. The molecule has 0 aromatic carbocycles. The predicted molar refractivity (Wildman–Crippen MR) is 45.6 cm³/mol. The third-order valence-electron chi connectivity index (χ3n) is 1.46. The molecule has 0 bridgehead atoms. The minimum Gasteiger partial charge on any atom is -0.394 e. The zero-order valence-corrected chi connectivity index (χ0v) is 7.98. The van der Waals surface area contributed by atoms with Crippen LogP contribution in [0.2, 0.25) is 0 Å². The Bertz CT molecular complexity index is 174. The van der Waals surface area contributed by atoms with Crippen LogP contribution in [0.4, 0.5) is 0 Å². The summed E-state index contributed by atoms with van der Waals surface area (Å²) in [4.78, 5) is 10.2. The first-order valence-electron chi connectivity index (χ1n) is 3.36. The van der Waals surface area contributed by atoms with E-state index >= 15 is 0 Å². The molecular formula is C6H10Cl2O5. The summed E-state index contributed by atoms with van der Waals surface area (Å²) in [5, 5.41) is 35.5. The first-order valence-corrected chi connectivity index (χ1v) is 4.11. The van der Waals surface area contributed by atoms with Gasteiger partial charge >= 0.3 is 0 Å². The first kappa shape index (κ1) is 13.1. The van der Waals surface area contributed by atoms with E-state index in [9.17, 15) is 4.79 Å². The molecule has 0 saturated carbocycles. The van der Waals surface area contributed by atoms with Gasteiger partial charge in [-0.25, -0.2) is 0 Å². The fourth-order valence-corrected chi connectivity index (χ4v) is 0.874. The normalized spacial score (nSPS) is 19.2. The highest BCUT2D eigenvalue weighted by Crippen LogP contribution is 2.25. The first-order chi connectivity index (χ1) is 5.86. The third kappa shape index (κ3) is 3.38. The molecule has 78 valence electrons. The van der Waals surface area contributed by atoms with Gasteiger partial charge in [0.2, 0.25) is 4.33 Å². The van der Waals surface area contributed by atoms with Gasteiger partial charge in [0.15, 0.2) is 6.29 Å². The molecule has 0 unspecified atom stereocenters. The molecule has 0 aromatic heterocycles. The standard InChI is InChI=1S/C6H10Cl2O5/c7-6(8,2-10)5(13)4(12)3(11)1-9/h2-5,9,11-13H,1H2/t3-,4-,5+/m1/s1. The van der Waals surface area contributed by atoms with Crippen LogP contribution in [0.3, 0.4) is 0 Å². The molecule has 0 amide bonds. The summed E-state index contributed by atoms with van der Waals surface area (Å²) in [7, 11) is 0. The van der Waals surface area contributed by atoms with Crippen molar-refractivity contribution in [2.45, 2.75) is 22.6 Å². The monoisotopic (exact) mass is 232 g/mol. The van der Waals surface area contributed by atoms with Gasteiger partial charge in [-0.1, -0.05) is 23.2 Å². The van der Waals surface area contributed by atoms with Gasteiger partial charge in [0.25, 0.3) is 0 Å². The minimum atomic E-state index is -2.20. The lowest BCUT2D eigenvalue weighted by Gasteiger charge is -2.27. The molecule has 0 aliphatic rings. The molecule has 0 heterocycles. The van der Waals surface area contributed by atoms with Crippen molar-refractivity contribution in [3.05, 3.63) is 0 Å². The van der Waals surface area contributed by atoms with Crippen LogP contribution in [-0.2, 0) is 4.79 Å². The maximum absolute atomic E-state index is 10.2. The predicted octanol–water partition coefficient (Wildman–Crippen LogP) is -1.57. The second kappa shape index (κ2) is 5.09. The molecule has 7 heteroatoms. The van der Waals surface area contributed by atoms with E-state index in [0.29, 0.717) is 0 Å². The van der Waals surface area contributed by atoms with Gasteiger partial charge in [0.05, 0.1) is 6.61 Å². The van der Waals surface area contributed by atoms with Crippen LogP contribution >= 0.6 is 23.2 Å². The fraction of sp³-hybridized carbons (Fsp3) is 0.833. The molecule has 0 aromatic rings. The molecule has 5 nitrogen and oxygen atoms in total. The molecule has 13 heavy (non-hydrogen) atoms. The Labute approximate surface area is 84.5 Å². The van der Waals surface area contributed by atoms with Crippen molar-refractivity contribution in [3.8, 4) is 0 Å². The second-order valence-electron chi connectivity index (χ2n) is 2.48. The highest BCUT2D eigenvalue weighted by molar-refractivity contribution is 6.56. The van der Waals surface area contributed by atoms with E-state index in [0.717, 1.165) is 0 Å². The van der Waals surface area contributed by atoms with Gasteiger partial charge in [0.1, 0.15) is 18.3 Å². The van der Waals surface area contributed by atoms with Crippen molar-refractivity contribution >= 4 is 29.5 Å². The van der Waals surface area contributed by atoms with Gasteiger partial charge in [-0.2, -0.15) is 0 Å². The number of carbonyl (C=O) groups excluding carboxylic acids is 1. The molecular weight excluding hydrogens is 223 g/mol. The number of halogens is 2. The van der Waals surface area contributed by atoms with Crippen LogP contribution in [0.1, 0.15) is 0 Å². The Morgan fingerprint density at radius 2 is 1.77 bits per heavy atom. The highest BCUT2D eigenvalue weighted by atomic mass is 35.5. The quantitative estimate of drug-likeness (QED) is 0.340. The van der Waals surface area contributed by atoms with Crippen LogP contribution < -0.4 is 0 Å². The molecule has 0 saturated heterocycles. The lowest BCUT2D eigenvalue weighted by molar-refractivity contribution is -0.116. The van der Waals surface area contributed by atoms with Gasteiger partial charge in [-0.3, -0.25) is 4.79 Å². The number of aliphatic hydroxyl groups excluding tert-OH is 4. The molecule has 4 N–H and O–H groups in total. The average molecular weight is 233 g/mol. The van der Waals surface area contributed by atoms with Crippen LogP contribution in [0.5, 0.6) is 0 Å². The summed E-state index contributed by atoms with van der Waals surface area (Å²) in [6.07, 6.45) is -5.24. The summed E-state index contributed by atoms with van der Waals surface area (Å²) < 4.78 is -2.20. The second-order valence-corrected chi connectivity index (χ2v) is 3.92. The van der Waals surface area contributed by atoms with E-state index in [1.807, 2.05) is 0 Å². The van der Waals surface area contributed by atoms with Crippen molar-refractivity contribution < 1.29 is 25.2 Å². The van der Waals surface area contributed by atoms with Crippen LogP contribution in [0.25, 0.3) is 0 Å². The lowest BCUT2D eigenvalue weighted by atomic mass is 10.1. The van der Waals surface area contributed by atoms with Crippen LogP contribution in [-0.4, -0.2) is 56.0 Å². The van der Waals surface area contributed by atoms with Gasteiger partial charge in [0, 0.05) is 0 Å². The number of alkyl halides is 2. The Morgan fingerprint density at radius 3 is 2.08 bits per heavy atom. The highest BCUT2D eigenvalue weighted by Gasteiger charge is 2.40. The summed E-state index contributed by atoms with van der Waals surface area (Å²) in [6.45, 7) is -0.777. The van der Waals surface area contributed by atoms with E-state index in [1.54, 1.807) is 0 Å². The molecule has 0 rings (SSSR count). The van der Waals surface area contributed by atoms with E-state index in [4.69, 9.17) is 43.6 Å². The number of hydrogen-bond donors (Lipinski definition) is 4. The summed E-state index contributed by atoms with van der Waals surface area (Å²) in [6, 6.07) is 0. The van der Waals surface area contributed by atoms with Crippen molar-refractivity contribution in [2.24, 2.45) is 0 Å². The molecule has 0 aliphatic carbocycles. The molecule has 0 aliphatic heterocycles. The van der Waals surface area contributed by atoms with Crippen molar-refractivity contribution in [1.29, 1.82) is 0 Å². The Hall–Kier alpha value is 0.0900. The summed E-state index contributed by atoms with van der Waals surface area (Å²) in [5.74, 6) is 0. The largest absolute Gasteiger partial charge is 0.394 e. The Kier molecular flexibility index (Phi) is 5.13. The van der Waals surface area contributed by atoms with E-state index in [2.05, 4.69) is 0 Å². The third-order valence-corrected chi connectivity index (χ3v) is 2.08. The zero-order valence-electron chi connectivity index (χ0n) is 6.47. The van der Waals surface area contributed by atoms with Crippen LogP contribution in [0, 0.1) is 0 Å². The lowest BCUT2D eigenvalue weighted by Crippen LogP contribution is -2.49. The summed E-state index contributed by atoms with van der Waals surface area (Å²) >= 11 is 10.5. The average Bonchev–Trinajstić information content (AvgIpc) is 2.14. The van der Waals surface area contributed by atoms with E-state index in [-0.39, 0.29) is 6.29 Å². The Morgan fingerprint density at radius 1 is 1.31 bits per heavy atom. The number of rotatable bonds is 5.